The maximum absolute atomic E-state index is 13.7. The standard InChI is InChI=1S/C28H38O6Si/c1-26(2,3)35(20-14-10-8-11-15-20,21-16-12-9-13-17-21)31-18-22(29)24-25(34-28(6,7)33-24)23-19-30-27(4,5)32-23/h8-17,23-25H,18-19H2,1-7H3/t23-,24-,25-/m1/s1. The summed E-state index contributed by atoms with van der Waals surface area (Å²) in [5, 5.41) is 2.02. The normalized spacial score (nSPS) is 26.1. The Kier molecular flexibility index (Phi) is 7.14. The van der Waals surface area contributed by atoms with Crippen LogP contribution in [0.2, 0.25) is 5.04 Å². The zero-order valence-electron chi connectivity index (χ0n) is 21.9. The van der Waals surface area contributed by atoms with Crippen LogP contribution in [0.5, 0.6) is 0 Å². The number of hydrogen-bond donors (Lipinski definition) is 0. The Hall–Kier alpha value is -1.87. The second kappa shape index (κ2) is 9.54. The summed E-state index contributed by atoms with van der Waals surface area (Å²) in [4.78, 5) is 13.7. The van der Waals surface area contributed by atoms with Gasteiger partial charge < -0.3 is 23.4 Å². The van der Waals surface area contributed by atoms with E-state index in [2.05, 4.69) is 45.0 Å². The van der Waals surface area contributed by atoms with Gasteiger partial charge in [-0.1, -0.05) is 81.4 Å². The van der Waals surface area contributed by atoms with Crippen molar-refractivity contribution in [3.63, 3.8) is 0 Å². The molecule has 0 unspecified atom stereocenters. The van der Waals surface area contributed by atoms with Gasteiger partial charge in [0.2, 0.25) is 0 Å². The Labute approximate surface area is 210 Å². The van der Waals surface area contributed by atoms with Crippen LogP contribution in [0, 0.1) is 0 Å². The Morgan fingerprint density at radius 2 is 1.43 bits per heavy atom. The molecule has 2 aromatic carbocycles. The van der Waals surface area contributed by atoms with Crippen molar-refractivity contribution in [2.45, 2.75) is 83.4 Å². The van der Waals surface area contributed by atoms with Crippen molar-refractivity contribution < 1.29 is 28.2 Å². The van der Waals surface area contributed by atoms with Crippen molar-refractivity contribution in [3.05, 3.63) is 60.7 Å². The van der Waals surface area contributed by atoms with Crippen molar-refractivity contribution >= 4 is 24.5 Å². The van der Waals surface area contributed by atoms with Crippen LogP contribution in [0.1, 0.15) is 48.5 Å². The molecule has 0 radical (unpaired) electrons. The highest BCUT2D eigenvalue weighted by Crippen LogP contribution is 2.38. The quantitative estimate of drug-likeness (QED) is 0.541. The van der Waals surface area contributed by atoms with Crippen LogP contribution in [0.15, 0.2) is 60.7 Å². The average Bonchev–Trinajstić information content (AvgIpc) is 3.32. The molecule has 190 valence electrons. The largest absolute Gasteiger partial charge is 0.400 e. The van der Waals surface area contributed by atoms with Crippen LogP contribution in [0.25, 0.3) is 0 Å². The SMILES string of the molecule is CC1(C)O[C@H]([C@H]2COC(C)(C)O2)[C@@H](C(=O)CO[Si](c2ccccc2)(c2ccccc2)C(C)(C)C)O1. The molecule has 0 aromatic heterocycles. The minimum absolute atomic E-state index is 0.0785. The number of benzene rings is 2. The molecular formula is C28H38O6Si. The first kappa shape index (κ1) is 26.2. The van der Waals surface area contributed by atoms with E-state index in [0.717, 1.165) is 10.4 Å². The van der Waals surface area contributed by atoms with Crippen LogP contribution in [-0.4, -0.2) is 57.2 Å². The van der Waals surface area contributed by atoms with Crippen LogP contribution in [0.3, 0.4) is 0 Å². The van der Waals surface area contributed by atoms with E-state index in [1.807, 2.05) is 64.1 Å². The maximum atomic E-state index is 13.7. The summed E-state index contributed by atoms with van der Waals surface area (Å²) < 4.78 is 30.8. The summed E-state index contributed by atoms with van der Waals surface area (Å²) in [5.74, 6) is -1.78. The molecule has 0 spiro atoms. The molecule has 0 bridgehead atoms. The monoisotopic (exact) mass is 498 g/mol. The third-order valence-corrected chi connectivity index (χ3v) is 11.7. The molecule has 2 heterocycles. The van der Waals surface area contributed by atoms with Gasteiger partial charge in [0.05, 0.1) is 13.2 Å². The number of ketones is 1. The zero-order valence-corrected chi connectivity index (χ0v) is 22.9. The topological polar surface area (TPSA) is 63.2 Å². The van der Waals surface area contributed by atoms with E-state index in [4.69, 9.17) is 23.4 Å². The van der Waals surface area contributed by atoms with Crippen molar-refractivity contribution in [3.8, 4) is 0 Å². The Morgan fingerprint density at radius 1 is 0.886 bits per heavy atom. The molecule has 35 heavy (non-hydrogen) atoms. The van der Waals surface area contributed by atoms with Gasteiger partial charge in [-0.25, -0.2) is 0 Å². The van der Waals surface area contributed by atoms with Crippen LogP contribution in [-0.2, 0) is 28.2 Å². The molecule has 2 aliphatic heterocycles. The number of carbonyl (C=O) groups excluding carboxylic acids is 1. The summed E-state index contributed by atoms with van der Waals surface area (Å²) in [7, 11) is -2.85. The minimum atomic E-state index is -2.85. The third-order valence-electron chi connectivity index (χ3n) is 6.69. The number of carbonyl (C=O) groups is 1. The molecule has 2 aromatic rings. The summed E-state index contributed by atoms with van der Waals surface area (Å²) in [5.41, 5.74) is 0. The number of Topliss-reactive ketones (excluding diaryl/α,β-unsaturated/α-hetero) is 1. The molecule has 2 fully saturated rings. The second-order valence-corrected chi connectivity index (χ2v) is 15.6. The van der Waals surface area contributed by atoms with E-state index in [0.29, 0.717) is 6.61 Å². The van der Waals surface area contributed by atoms with E-state index in [1.165, 1.54) is 0 Å². The van der Waals surface area contributed by atoms with Crippen molar-refractivity contribution in [2.75, 3.05) is 13.2 Å². The van der Waals surface area contributed by atoms with Gasteiger partial charge >= 0.3 is 0 Å². The molecule has 2 saturated heterocycles. The van der Waals surface area contributed by atoms with Crippen LogP contribution < -0.4 is 10.4 Å². The van der Waals surface area contributed by atoms with Gasteiger partial charge in [0.1, 0.15) is 12.2 Å². The lowest BCUT2D eigenvalue weighted by Crippen LogP contribution is -2.67. The van der Waals surface area contributed by atoms with Gasteiger partial charge in [0.25, 0.3) is 8.32 Å². The summed E-state index contributed by atoms with van der Waals surface area (Å²) >= 11 is 0. The van der Waals surface area contributed by atoms with Crippen LogP contribution in [0.4, 0.5) is 0 Å². The number of hydrogen-bond acceptors (Lipinski definition) is 6. The molecule has 0 aliphatic carbocycles. The Balaban J connectivity index is 1.64. The Bertz CT molecular complexity index is 975. The first-order valence-electron chi connectivity index (χ1n) is 12.3. The van der Waals surface area contributed by atoms with Gasteiger partial charge in [0.15, 0.2) is 23.5 Å². The first-order valence-corrected chi connectivity index (χ1v) is 14.2. The van der Waals surface area contributed by atoms with E-state index >= 15 is 0 Å². The fourth-order valence-electron chi connectivity index (χ4n) is 5.21. The molecule has 7 heteroatoms. The Morgan fingerprint density at radius 3 is 1.89 bits per heavy atom. The molecule has 4 rings (SSSR count). The van der Waals surface area contributed by atoms with Crippen LogP contribution >= 0.6 is 0 Å². The lowest BCUT2D eigenvalue weighted by molar-refractivity contribution is -0.175. The van der Waals surface area contributed by atoms with Crippen molar-refractivity contribution in [2.24, 2.45) is 0 Å². The minimum Gasteiger partial charge on any atom is -0.400 e. The first-order chi connectivity index (χ1) is 16.3. The lowest BCUT2D eigenvalue weighted by Gasteiger charge is -2.43. The summed E-state index contributed by atoms with van der Waals surface area (Å²) in [6, 6.07) is 20.6. The van der Waals surface area contributed by atoms with E-state index in [9.17, 15) is 4.79 Å². The molecule has 6 nitrogen and oxygen atoms in total. The molecule has 0 saturated carbocycles. The van der Waals surface area contributed by atoms with Gasteiger partial charge in [-0.3, -0.25) is 4.79 Å². The highest BCUT2D eigenvalue weighted by molar-refractivity contribution is 6.99. The molecule has 0 N–H and O–H groups in total. The number of ether oxygens (including phenoxy) is 4. The molecule has 3 atom stereocenters. The second-order valence-electron chi connectivity index (χ2n) is 11.3. The molecular weight excluding hydrogens is 460 g/mol. The lowest BCUT2D eigenvalue weighted by atomic mass is 10.1. The zero-order chi connectivity index (χ0) is 25.5. The van der Waals surface area contributed by atoms with Gasteiger partial charge in [-0.15, -0.1) is 0 Å². The predicted molar refractivity (Wildman–Crippen MR) is 137 cm³/mol. The fraction of sp³-hybridized carbons (Fsp3) is 0.536. The van der Waals surface area contributed by atoms with Gasteiger partial charge in [0, 0.05) is 0 Å². The highest BCUT2D eigenvalue weighted by Gasteiger charge is 2.54. The smallest absolute Gasteiger partial charge is 0.261 e. The predicted octanol–water partition coefficient (Wildman–Crippen LogP) is 3.80. The maximum Gasteiger partial charge on any atom is 0.261 e. The molecule has 2 aliphatic rings. The number of rotatable bonds is 7. The third kappa shape index (κ3) is 5.31. The average molecular weight is 499 g/mol. The van der Waals surface area contributed by atoms with Gasteiger partial charge in [-0.05, 0) is 43.1 Å². The van der Waals surface area contributed by atoms with Gasteiger partial charge in [-0.2, -0.15) is 0 Å². The highest BCUT2D eigenvalue weighted by atomic mass is 28.4. The van der Waals surface area contributed by atoms with Crippen molar-refractivity contribution in [1.82, 2.24) is 0 Å². The van der Waals surface area contributed by atoms with E-state index in [1.54, 1.807) is 0 Å². The summed E-state index contributed by atoms with van der Waals surface area (Å²) in [6.07, 6.45) is -1.76. The van der Waals surface area contributed by atoms with E-state index in [-0.39, 0.29) is 17.4 Å². The van der Waals surface area contributed by atoms with Crippen molar-refractivity contribution in [1.29, 1.82) is 0 Å². The summed E-state index contributed by atoms with van der Waals surface area (Å²) in [6.45, 7) is 14.2. The fourth-order valence-corrected chi connectivity index (χ4v) is 9.72. The molecule has 0 amide bonds. The van der Waals surface area contributed by atoms with E-state index < -0.39 is 38.2 Å².